The molecule has 3 rings (SSSR count). The van der Waals surface area contributed by atoms with Crippen molar-refractivity contribution in [3.05, 3.63) is 59.7 Å². The molecule has 0 unspecified atom stereocenters. The fourth-order valence-electron chi connectivity index (χ4n) is 3.83. The molecule has 34 heavy (non-hydrogen) atoms. The summed E-state index contributed by atoms with van der Waals surface area (Å²) in [6.45, 7) is 3.85. The molecule has 1 aliphatic rings. The standard InChI is InChI=1S/C26H32N2O6/c1-3-33-26(31)34-23-11-7-21(8-12-23)25(30)28-16-14-20(15-17-28)18-27-24(29)13-6-19-4-9-22(32-2)10-5-19/h4-5,7-12,20H,3,6,13-18H2,1-2H3,(H,27,29). The summed E-state index contributed by atoms with van der Waals surface area (Å²) in [4.78, 5) is 38.2. The van der Waals surface area contributed by atoms with Crippen molar-refractivity contribution in [1.82, 2.24) is 10.2 Å². The van der Waals surface area contributed by atoms with E-state index in [2.05, 4.69) is 5.32 Å². The molecule has 0 saturated carbocycles. The molecule has 182 valence electrons. The van der Waals surface area contributed by atoms with E-state index in [0.717, 1.165) is 24.2 Å². The molecule has 0 aromatic heterocycles. The van der Waals surface area contributed by atoms with Gasteiger partial charge in [0.2, 0.25) is 5.91 Å². The zero-order valence-corrected chi connectivity index (χ0v) is 19.7. The van der Waals surface area contributed by atoms with Crippen LogP contribution in [0.1, 0.15) is 42.1 Å². The number of carbonyl (C=O) groups is 3. The molecule has 0 radical (unpaired) electrons. The van der Waals surface area contributed by atoms with Gasteiger partial charge in [0.1, 0.15) is 11.5 Å². The number of ether oxygens (including phenoxy) is 3. The van der Waals surface area contributed by atoms with Crippen LogP contribution >= 0.6 is 0 Å². The number of aryl methyl sites for hydroxylation is 1. The summed E-state index contributed by atoms with van der Waals surface area (Å²) in [5, 5.41) is 3.03. The number of nitrogens with one attached hydrogen (secondary N) is 1. The van der Waals surface area contributed by atoms with Crippen LogP contribution in [0, 0.1) is 5.92 Å². The van der Waals surface area contributed by atoms with Crippen molar-refractivity contribution in [2.24, 2.45) is 5.92 Å². The number of amides is 2. The molecule has 1 saturated heterocycles. The van der Waals surface area contributed by atoms with Crippen LogP contribution in [0.15, 0.2) is 48.5 Å². The minimum absolute atomic E-state index is 0.0412. The Morgan fingerprint density at radius 2 is 1.62 bits per heavy atom. The first-order chi connectivity index (χ1) is 16.5. The molecule has 1 heterocycles. The molecule has 1 fully saturated rings. The van der Waals surface area contributed by atoms with Crippen LogP contribution < -0.4 is 14.8 Å². The highest BCUT2D eigenvalue weighted by atomic mass is 16.7. The summed E-state index contributed by atoms with van der Waals surface area (Å²) in [6.07, 6.45) is 2.05. The number of rotatable bonds is 9. The molecule has 8 heteroatoms. The zero-order chi connectivity index (χ0) is 24.3. The third kappa shape index (κ3) is 7.50. The van der Waals surface area contributed by atoms with E-state index in [1.165, 1.54) is 0 Å². The van der Waals surface area contributed by atoms with E-state index in [1.54, 1.807) is 38.3 Å². The van der Waals surface area contributed by atoms with Gasteiger partial charge in [0.15, 0.2) is 0 Å². The second-order valence-electron chi connectivity index (χ2n) is 8.20. The molecule has 1 aliphatic heterocycles. The summed E-state index contributed by atoms with van der Waals surface area (Å²) in [5.74, 6) is 1.48. The van der Waals surface area contributed by atoms with Gasteiger partial charge in [-0.1, -0.05) is 12.1 Å². The van der Waals surface area contributed by atoms with Gasteiger partial charge in [0.25, 0.3) is 5.91 Å². The number of methoxy groups -OCH3 is 1. The Balaban J connectivity index is 1.36. The molecule has 0 spiro atoms. The van der Waals surface area contributed by atoms with Crippen LogP contribution in [0.4, 0.5) is 4.79 Å². The van der Waals surface area contributed by atoms with Crippen molar-refractivity contribution in [2.75, 3.05) is 33.4 Å². The van der Waals surface area contributed by atoms with E-state index < -0.39 is 6.16 Å². The van der Waals surface area contributed by atoms with E-state index in [1.807, 2.05) is 29.2 Å². The number of nitrogens with zero attached hydrogens (tertiary/aromatic N) is 1. The van der Waals surface area contributed by atoms with Crippen LogP contribution in [0.3, 0.4) is 0 Å². The van der Waals surface area contributed by atoms with Crippen LogP contribution in [0.2, 0.25) is 0 Å². The number of benzene rings is 2. The highest BCUT2D eigenvalue weighted by Crippen LogP contribution is 2.20. The molecule has 1 N–H and O–H groups in total. The highest BCUT2D eigenvalue weighted by molar-refractivity contribution is 5.94. The summed E-state index contributed by atoms with van der Waals surface area (Å²) in [7, 11) is 1.63. The maximum absolute atomic E-state index is 12.8. The van der Waals surface area contributed by atoms with Crippen molar-refractivity contribution in [3.63, 3.8) is 0 Å². The average Bonchev–Trinajstić information content (AvgIpc) is 2.87. The van der Waals surface area contributed by atoms with Gasteiger partial charge >= 0.3 is 6.16 Å². The lowest BCUT2D eigenvalue weighted by Crippen LogP contribution is -2.41. The van der Waals surface area contributed by atoms with Gasteiger partial charge < -0.3 is 24.4 Å². The summed E-state index contributed by atoms with van der Waals surface area (Å²) in [6, 6.07) is 14.2. The summed E-state index contributed by atoms with van der Waals surface area (Å²) >= 11 is 0. The van der Waals surface area contributed by atoms with E-state index >= 15 is 0 Å². The smallest absolute Gasteiger partial charge is 0.497 e. The number of hydrogen-bond donors (Lipinski definition) is 1. The molecule has 0 aliphatic carbocycles. The van der Waals surface area contributed by atoms with Crippen LogP contribution in [-0.4, -0.2) is 56.2 Å². The molecule has 2 aromatic rings. The molecule has 0 bridgehead atoms. The summed E-state index contributed by atoms with van der Waals surface area (Å²) in [5.41, 5.74) is 1.64. The first kappa shape index (κ1) is 25.1. The third-order valence-corrected chi connectivity index (χ3v) is 5.85. The van der Waals surface area contributed by atoms with E-state index in [9.17, 15) is 14.4 Å². The van der Waals surface area contributed by atoms with Crippen molar-refractivity contribution >= 4 is 18.0 Å². The van der Waals surface area contributed by atoms with Crippen LogP contribution in [0.5, 0.6) is 11.5 Å². The molecule has 2 aromatic carbocycles. The summed E-state index contributed by atoms with van der Waals surface area (Å²) < 4.78 is 14.9. The Morgan fingerprint density at radius 1 is 0.971 bits per heavy atom. The molecule has 0 atom stereocenters. The minimum atomic E-state index is -0.767. The molecular weight excluding hydrogens is 436 g/mol. The van der Waals surface area contributed by atoms with Gasteiger partial charge in [0.05, 0.1) is 13.7 Å². The lowest BCUT2D eigenvalue weighted by molar-refractivity contribution is -0.121. The van der Waals surface area contributed by atoms with Gasteiger partial charge in [-0.15, -0.1) is 0 Å². The van der Waals surface area contributed by atoms with E-state index in [4.69, 9.17) is 14.2 Å². The van der Waals surface area contributed by atoms with E-state index in [-0.39, 0.29) is 18.4 Å². The maximum Gasteiger partial charge on any atom is 0.513 e. The minimum Gasteiger partial charge on any atom is -0.497 e. The van der Waals surface area contributed by atoms with Gasteiger partial charge in [-0.3, -0.25) is 9.59 Å². The fourth-order valence-corrected chi connectivity index (χ4v) is 3.83. The van der Waals surface area contributed by atoms with Gasteiger partial charge in [-0.2, -0.15) is 0 Å². The predicted octanol–water partition coefficient (Wildman–Crippen LogP) is 3.83. The molecule has 8 nitrogen and oxygen atoms in total. The Hall–Kier alpha value is -3.55. The van der Waals surface area contributed by atoms with Crippen molar-refractivity contribution < 1.29 is 28.6 Å². The lowest BCUT2D eigenvalue weighted by Gasteiger charge is -2.32. The first-order valence-electron chi connectivity index (χ1n) is 11.6. The Kier molecular flexibility index (Phi) is 9.31. The number of carbonyl (C=O) groups excluding carboxylic acids is 3. The van der Waals surface area contributed by atoms with E-state index in [0.29, 0.717) is 49.7 Å². The average molecular weight is 469 g/mol. The number of piperidine rings is 1. The second-order valence-corrected chi connectivity index (χ2v) is 8.20. The SMILES string of the molecule is CCOC(=O)Oc1ccc(C(=O)N2CCC(CNC(=O)CCc3ccc(OC)cc3)CC2)cc1. The Morgan fingerprint density at radius 3 is 2.24 bits per heavy atom. The van der Waals surface area contributed by atoms with Crippen LogP contribution in [0.25, 0.3) is 0 Å². The maximum atomic E-state index is 12.8. The van der Waals surface area contributed by atoms with Crippen molar-refractivity contribution in [2.45, 2.75) is 32.6 Å². The monoisotopic (exact) mass is 468 g/mol. The van der Waals surface area contributed by atoms with Crippen LogP contribution in [-0.2, 0) is 16.0 Å². The molecule has 2 amide bonds. The number of likely N-dealkylation sites (tertiary alicyclic amines) is 1. The number of hydrogen-bond acceptors (Lipinski definition) is 6. The van der Waals surface area contributed by atoms with Gasteiger partial charge in [0, 0.05) is 31.6 Å². The van der Waals surface area contributed by atoms with Crippen molar-refractivity contribution in [3.8, 4) is 11.5 Å². The first-order valence-corrected chi connectivity index (χ1v) is 11.6. The van der Waals surface area contributed by atoms with Gasteiger partial charge in [-0.05, 0) is 74.1 Å². The Bertz CT molecular complexity index is 950. The van der Waals surface area contributed by atoms with Gasteiger partial charge in [-0.25, -0.2) is 4.79 Å². The fraction of sp³-hybridized carbons (Fsp3) is 0.423. The molecular formula is C26H32N2O6. The third-order valence-electron chi connectivity index (χ3n) is 5.85. The lowest BCUT2D eigenvalue weighted by atomic mass is 9.96. The Labute approximate surface area is 200 Å². The van der Waals surface area contributed by atoms with Crippen molar-refractivity contribution in [1.29, 1.82) is 0 Å². The second kappa shape index (κ2) is 12.6. The highest BCUT2D eigenvalue weighted by Gasteiger charge is 2.24. The quantitative estimate of drug-likeness (QED) is 0.444. The normalized spacial score (nSPS) is 13.8. The largest absolute Gasteiger partial charge is 0.513 e. The zero-order valence-electron chi connectivity index (χ0n) is 19.7. The topological polar surface area (TPSA) is 94.2 Å². The predicted molar refractivity (Wildman–Crippen MR) is 127 cm³/mol.